The molecule has 82 valence electrons. The summed E-state index contributed by atoms with van der Waals surface area (Å²) in [6.45, 7) is 0.112. The summed E-state index contributed by atoms with van der Waals surface area (Å²) in [6, 6.07) is 8.63. The lowest BCUT2D eigenvalue weighted by Crippen LogP contribution is -2.33. The van der Waals surface area contributed by atoms with E-state index in [2.05, 4.69) is 0 Å². The van der Waals surface area contributed by atoms with Crippen LogP contribution in [0.15, 0.2) is 30.3 Å². The minimum atomic E-state index is -0.737. The van der Waals surface area contributed by atoms with Crippen LogP contribution in [0, 0.1) is 0 Å². The van der Waals surface area contributed by atoms with Crippen molar-refractivity contribution in [2.24, 2.45) is 5.73 Å². The summed E-state index contributed by atoms with van der Waals surface area (Å²) in [4.78, 5) is 11.2. The lowest BCUT2D eigenvalue weighted by atomic mass is 10.2. The molecule has 0 spiro atoms. The van der Waals surface area contributed by atoms with E-state index in [4.69, 9.17) is 15.6 Å². The molecule has 0 aromatic heterocycles. The molecular weight excluding hydrogens is 194 g/mol. The van der Waals surface area contributed by atoms with Crippen LogP contribution in [0.25, 0.3) is 0 Å². The van der Waals surface area contributed by atoms with E-state index in [1.54, 1.807) is 0 Å². The maximum Gasteiger partial charge on any atom is 0.323 e. The topological polar surface area (TPSA) is 72.5 Å². The molecule has 0 saturated carbocycles. The van der Waals surface area contributed by atoms with Gasteiger partial charge in [-0.2, -0.15) is 0 Å². The highest BCUT2D eigenvalue weighted by molar-refractivity contribution is 5.75. The second-order valence-electron chi connectivity index (χ2n) is 3.21. The molecule has 0 radical (unpaired) electrons. The fraction of sp³-hybridized carbons (Fsp3) is 0.364. The van der Waals surface area contributed by atoms with Gasteiger partial charge >= 0.3 is 5.97 Å². The lowest BCUT2D eigenvalue weighted by Gasteiger charge is -2.09. The average molecular weight is 209 g/mol. The van der Waals surface area contributed by atoms with Crippen molar-refractivity contribution in [3.63, 3.8) is 0 Å². The molecule has 1 aromatic rings. The number of hydrogen-bond donors (Lipinski definition) is 2. The number of esters is 1. The fourth-order valence-corrected chi connectivity index (χ4v) is 1.09. The molecule has 1 atom stereocenters. The summed E-state index contributed by atoms with van der Waals surface area (Å²) in [5, 5.41) is 8.58. The molecule has 0 unspecified atom stereocenters. The SMILES string of the molecule is N[C@H](CCO)C(=O)OCc1ccccc1. The van der Waals surface area contributed by atoms with Crippen molar-refractivity contribution in [3.05, 3.63) is 35.9 Å². The molecule has 0 fully saturated rings. The second-order valence-corrected chi connectivity index (χ2v) is 3.21. The third kappa shape index (κ3) is 4.10. The monoisotopic (exact) mass is 209 g/mol. The number of aliphatic hydroxyl groups excluding tert-OH is 1. The summed E-state index contributed by atoms with van der Waals surface area (Å²) < 4.78 is 4.97. The zero-order chi connectivity index (χ0) is 11.1. The Morgan fingerprint density at radius 1 is 1.40 bits per heavy atom. The largest absolute Gasteiger partial charge is 0.460 e. The van der Waals surface area contributed by atoms with Gasteiger partial charge in [0.25, 0.3) is 0 Å². The molecule has 4 heteroatoms. The van der Waals surface area contributed by atoms with Crippen LogP contribution >= 0.6 is 0 Å². The van der Waals surface area contributed by atoms with Crippen molar-refractivity contribution in [3.8, 4) is 0 Å². The fourth-order valence-electron chi connectivity index (χ4n) is 1.09. The Hall–Kier alpha value is -1.39. The minimum Gasteiger partial charge on any atom is -0.460 e. The van der Waals surface area contributed by atoms with Crippen molar-refractivity contribution >= 4 is 5.97 Å². The molecule has 0 amide bonds. The highest BCUT2D eigenvalue weighted by atomic mass is 16.5. The third-order valence-corrected chi connectivity index (χ3v) is 1.97. The average Bonchev–Trinajstić information content (AvgIpc) is 2.27. The number of nitrogens with two attached hydrogens (primary N) is 1. The van der Waals surface area contributed by atoms with Crippen molar-refractivity contribution in [1.82, 2.24) is 0 Å². The van der Waals surface area contributed by atoms with E-state index < -0.39 is 12.0 Å². The maximum absolute atomic E-state index is 11.2. The van der Waals surface area contributed by atoms with E-state index in [1.165, 1.54) is 0 Å². The Balaban J connectivity index is 2.34. The van der Waals surface area contributed by atoms with E-state index >= 15 is 0 Å². The van der Waals surface area contributed by atoms with E-state index in [0.717, 1.165) is 5.56 Å². The van der Waals surface area contributed by atoms with Crippen LogP contribution in [0.4, 0.5) is 0 Å². The first-order valence-electron chi connectivity index (χ1n) is 4.81. The minimum absolute atomic E-state index is 0.110. The standard InChI is InChI=1S/C11H15NO3/c12-10(6-7-13)11(14)15-8-9-4-2-1-3-5-9/h1-5,10,13H,6-8,12H2/t10-/m1/s1. The lowest BCUT2D eigenvalue weighted by molar-refractivity contribution is -0.146. The van der Waals surface area contributed by atoms with Crippen molar-refractivity contribution < 1.29 is 14.6 Å². The summed E-state index contributed by atoms with van der Waals surface area (Å²) in [6.07, 6.45) is 0.230. The molecule has 15 heavy (non-hydrogen) atoms. The van der Waals surface area contributed by atoms with E-state index in [0.29, 0.717) is 0 Å². The van der Waals surface area contributed by atoms with Gasteiger partial charge in [0.2, 0.25) is 0 Å². The number of carbonyl (C=O) groups is 1. The Morgan fingerprint density at radius 3 is 2.67 bits per heavy atom. The van der Waals surface area contributed by atoms with Crippen molar-refractivity contribution in [2.75, 3.05) is 6.61 Å². The number of hydrogen-bond acceptors (Lipinski definition) is 4. The number of carbonyl (C=O) groups excluding carboxylic acids is 1. The molecule has 0 aliphatic carbocycles. The Morgan fingerprint density at radius 2 is 2.07 bits per heavy atom. The molecule has 1 aromatic carbocycles. The number of benzene rings is 1. The zero-order valence-electron chi connectivity index (χ0n) is 8.43. The van der Waals surface area contributed by atoms with Crippen LogP contribution in [0.5, 0.6) is 0 Å². The Bertz CT molecular complexity index is 300. The quantitative estimate of drug-likeness (QED) is 0.690. The van der Waals surface area contributed by atoms with Gasteiger partial charge in [-0.25, -0.2) is 0 Å². The molecule has 0 saturated heterocycles. The van der Waals surface area contributed by atoms with Gasteiger partial charge in [-0.3, -0.25) is 4.79 Å². The zero-order valence-corrected chi connectivity index (χ0v) is 8.43. The number of ether oxygens (including phenoxy) is 1. The van der Waals surface area contributed by atoms with Gasteiger partial charge < -0.3 is 15.6 Å². The number of rotatable bonds is 5. The summed E-state index contributed by atoms with van der Waals surface area (Å²) in [5.74, 6) is -0.479. The Kier molecular flexibility index (Phi) is 4.80. The van der Waals surface area contributed by atoms with Gasteiger partial charge in [-0.1, -0.05) is 30.3 Å². The first-order chi connectivity index (χ1) is 7.24. The Labute approximate surface area is 88.7 Å². The van der Waals surface area contributed by atoms with E-state index in [9.17, 15) is 4.79 Å². The molecular formula is C11H15NO3. The highest BCUT2D eigenvalue weighted by Gasteiger charge is 2.13. The number of aliphatic hydroxyl groups is 1. The smallest absolute Gasteiger partial charge is 0.323 e. The van der Waals surface area contributed by atoms with Crippen LogP contribution in [-0.2, 0) is 16.1 Å². The molecule has 0 heterocycles. The van der Waals surface area contributed by atoms with E-state index in [-0.39, 0.29) is 19.6 Å². The van der Waals surface area contributed by atoms with Crippen LogP contribution < -0.4 is 5.73 Å². The highest BCUT2D eigenvalue weighted by Crippen LogP contribution is 2.02. The molecule has 3 N–H and O–H groups in total. The first-order valence-corrected chi connectivity index (χ1v) is 4.81. The molecule has 4 nitrogen and oxygen atoms in total. The van der Waals surface area contributed by atoms with Crippen molar-refractivity contribution in [1.29, 1.82) is 0 Å². The molecule has 0 bridgehead atoms. The van der Waals surface area contributed by atoms with Gasteiger partial charge in [0.05, 0.1) is 0 Å². The molecule has 0 aliphatic heterocycles. The second kappa shape index (κ2) is 6.16. The van der Waals surface area contributed by atoms with Gasteiger partial charge in [-0.15, -0.1) is 0 Å². The first kappa shape index (κ1) is 11.7. The van der Waals surface area contributed by atoms with Crippen LogP contribution in [-0.4, -0.2) is 23.7 Å². The van der Waals surface area contributed by atoms with Crippen LogP contribution in [0.2, 0.25) is 0 Å². The van der Waals surface area contributed by atoms with Gasteiger partial charge in [0, 0.05) is 6.61 Å². The summed E-state index contributed by atoms with van der Waals surface area (Å²) in [5.41, 5.74) is 6.38. The third-order valence-electron chi connectivity index (χ3n) is 1.97. The summed E-state index contributed by atoms with van der Waals surface area (Å²) in [7, 11) is 0. The van der Waals surface area contributed by atoms with Crippen LogP contribution in [0.3, 0.4) is 0 Å². The summed E-state index contributed by atoms with van der Waals surface area (Å²) >= 11 is 0. The molecule has 0 aliphatic rings. The maximum atomic E-state index is 11.2. The van der Waals surface area contributed by atoms with Crippen LogP contribution in [0.1, 0.15) is 12.0 Å². The van der Waals surface area contributed by atoms with E-state index in [1.807, 2.05) is 30.3 Å². The van der Waals surface area contributed by atoms with Gasteiger partial charge in [0.15, 0.2) is 0 Å². The molecule has 1 rings (SSSR count). The van der Waals surface area contributed by atoms with Crippen molar-refractivity contribution in [2.45, 2.75) is 19.1 Å². The van der Waals surface area contributed by atoms with Gasteiger partial charge in [-0.05, 0) is 12.0 Å². The normalized spacial score (nSPS) is 12.1. The van der Waals surface area contributed by atoms with Gasteiger partial charge in [0.1, 0.15) is 12.6 Å². The predicted molar refractivity (Wildman–Crippen MR) is 55.9 cm³/mol. The predicted octanol–water partition coefficient (Wildman–Crippen LogP) is 0.439.